The third kappa shape index (κ3) is 3.33. The normalized spacial score (nSPS) is 18.9. The molecule has 0 aliphatic heterocycles. The molecule has 3 heteroatoms. The Balaban J connectivity index is 1.56. The monoisotopic (exact) mass is 244 g/mol. The first kappa shape index (κ1) is 11.7. The van der Waals surface area contributed by atoms with Crippen LogP contribution in [0.2, 0.25) is 0 Å². The van der Waals surface area contributed by atoms with Crippen LogP contribution in [0.5, 0.6) is 0 Å². The molecule has 0 spiro atoms. The van der Waals surface area contributed by atoms with Crippen molar-refractivity contribution in [2.45, 2.75) is 44.3 Å². The Morgan fingerprint density at radius 3 is 2.50 bits per heavy atom. The van der Waals surface area contributed by atoms with Gasteiger partial charge in [0.25, 0.3) is 0 Å². The predicted octanol–water partition coefficient (Wildman–Crippen LogP) is 1.93. The molecular formula is C15H20N2O. The number of carbonyl (C=O) groups is 1. The fraction of sp³-hybridized carbons (Fsp3) is 0.533. The average molecular weight is 244 g/mol. The Morgan fingerprint density at radius 1 is 1.17 bits per heavy atom. The number of amides is 1. The number of nitrogens with one attached hydrogen (secondary N) is 1. The quantitative estimate of drug-likeness (QED) is 0.829. The van der Waals surface area contributed by atoms with Crippen LogP contribution in [0.4, 0.5) is 0 Å². The lowest BCUT2D eigenvalue weighted by atomic mass is 10.2. The van der Waals surface area contributed by atoms with Crippen LogP contribution in [-0.4, -0.2) is 29.4 Å². The van der Waals surface area contributed by atoms with Gasteiger partial charge in [-0.2, -0.15) is 0 Å². The summed E-state index contributed by atoms with van der Waals surface area (Å²) < 4.78 is 0. The summed E-state index contributed by atoms with van der Waals surface area (Å²) in [5.74, 6) is 0.195. The van der Waals surface area contributed by atoms with Crippen LogP contribution in [0, 0.1) is 0 Å². The summed E-state index contributed by atoms with van der Waals surface area (Å²) in [5, 5.41) is 3.07. The molecule has 18 heavy (non-hydrogen) atoms. The Bertz CT molecular complexity index is 410. The SMILES string of the molecule is O=C(CN(Cc1ccccc1)C1CC1)NC1CC1. The molecule has 1 aromatic carbocycles. The van der Waals surface area contributed by atoms with E-state index in [2.05, 4.69) is 34.5 Å². The van der Waals surface area contributed by atoms with Crippen LogP contribution in [0.1, 0.15) is 31.2 Å². The second kappa shape index (κ2) is 5.11. The first-order valence-electron chi connectivity index (χ1n) is 6.88. The highest BCUT2D eigenvalue weighted by Crippen LogP contribution is 2.28. The standard InChI is InChI=1S/C15H20N2O/c18-15(16-13-6-7-13)11-17(14-8-9-14)10-12-4-2-1-3-5-12/h1-5,13-14H,6-11H2,(H,16,18). The zero-order chi connectivity index (χ0) is 12.4. The van der Waals surface area contributed by atoms with Crippen molar-refractivity contribution in [3.05, 3.63) is 35.9 Å². The molecule has 3 rings (SSSR count). The maximum atomic E-state index is 11.9. The fourth-order valence-electron chi connectivity index (χ4n) is 2.26. The molecule has 1 N–H and O–H groups in total. The number of hydrogen-bond donors (Lipinski definition) is 1. The second-order valence-electron chi connectivity index (χ2n) is 5.46. The van der Waals surface area contributed by atoms with Crippen LogP contribution in [0.25, 0.3) is 0 Å². The molecule has 0 heterocycles. The molecule has 2 fully saturated rings. The van der Waals surface area contributed by atoms with Gasteiger partial charge in [0.05, 0.1) is 6.54 Å². The minimum absolute atomic E-state index is 0.195. The van der Waals surface area contributed by atoms with Gasteiger partial charge in [0.1, 0.15) is 0 Å². The van der Waals surface area contributed by atoms with Crippen molar-refractivity contribution in [3.63, 3.8) is 0 Å². The summed E-state index contributed by atoms with van der Waals surface area (Å²) >= 11 is 0. The highest BCUT2D eigenvalue weighted by molar-refractivity contribution is 5.78. The van der Waals surface area contributed by atoms with E-state index in [9.17, 15) is 4.79 Å². The number of hydrogen-bond acceptors (Lipinski definition) is 2. The number of benzene rings is 1. The van der Waals surface area contributed by atoms with E-state index >= 15 is 0 Å². The first-order valence-corrected chi connectivity index (χ1v) is 6.88. The van der Waals surface area contributed by atoms with Gasteiger partial charge in [-0.15, -0.1) is 0 Å². The van der Waals surface area contributed by atoms with Gasteiger partial charge in [0.2, 0.25) is 5.91 Å². The van der Waals surface area contributed by atoms with Gasteiger partial charge < -0.3 is 5.32 Å². The summed E-state index contributed by atoms with van der Waals surface area (Å²) in [5.41, 5.74) is 1.30. The maximum absolute atomic E-state index is 11.9. The minimum atomic E-state index is 0.195. The van der Waals surface area contributed by atoms with Crippen molar-refractivity contribution >= 4 is 5.91 Å². The van der Waals surface area contributed by atoms with E-state index in [1.165, 1.54) is 18.4 Å². The molecule has 0 aromatic heterocycles. The average Bonchev–Trinajstić information content (AvgIpc) is 3.24. The molecule has 1 aromatic rings. The molecule has 0 radical (unpaired) electrons. The minimum Gasteiger partial charge on any atom is -0.352 e. The van der Waals surface area contributed by atoms with Crippen molar-refractivity contribution in [2.75, 3.05) is 6.54 Å². The highest BCUT2D eigenvalue weighted by atomic mass is 16.2. The van der Waals surface area contributed by atoms with Gasteiger partial charge in [0.15, 0.2) is 0 Å². The molecule has 0 atom stereocenters. The summed E-state index contributed by atoms with van der Waals surface area (Å²) in [6.07, 6.45) is 4.80. The third-order valence-corrected chi connectivity index (χ3v) is 3.58. The van der Waals surface area contributed by atoms with Crippen molar-refractivity contribution in [2.24, 2.45) is 0 Å². The zero-order valence-corrected chi connectivity index (χ0v) is 10.6. The van der Waals surface area contributed by atoms with E-state index in [-0.39, 0.29) is 5.91 Å². The molecule has 0 unspecified atom stereocenters. The maximum Gasteiger partial charge on any atom is 0.234 e. The van der Waals surface area contributed by atoms with E-state index in [4.69, 9.17) is 0 Å². The summed E-state index contributed by atoms with van der Waals surface area (Å²) in [4.78, 5) is 14.2. The molecule has 96 valence electrons. The summed E-state index contributed by atoms with van der Waals surface area (Å²) in [6.45, 7) is 1.44. The van der Waals surface area contributed by atoms with E-state index in [1.54, 1.807) is 0 Å². The molecule has 2 aliphatic carbocycles. The predicted molar refractivity (Wildman–Crippen MR) is 71.0 cm³/mol. The van der Waals surface area contributed by atoms with E-state index in [0.717, 1.165) is 19.4 Å². The molecule has 2 aliphatic rings. The van der Waals surface area contributed by atoms with E-state index in [0.29, 0.717) is 18.6 Å². The van der Waals surface area contributed by atoms with Crippen LogP contribution in [-0.2, 0) is 11.3 Å². The smallest absolute Gasteiger partial charge is 0.234 e. The molecule has 0 saturated heterocycles. The molecule has 2 saturated carbocycles. The van der Waals surface area contributed by atoms with Crippen molar-refractivity contribution < 1.29 is 4.79 Å². The highest BCUT2D eigenvalue weighted by Gasteiger charge is 2.31. The fourth-order valence-corrected chi connectivity index (χ4v) is 2.26. The van der Waals surface area contributed by atoms with E-state index in [1.807, 2.05) is 6.07 Å². The lowest BCUT2D eigenvalue weighted by Gasteiger charge is -2.21. The zero-order valence-electron chi connectivity index (χ0n) is 10.6. The van der Waals surface area contributed by atoms with Crippen LogP contribution in [0.3, 0.4) is 0 Å². The summed E-state index contributed by atoms with van der Waals surface area (Å²) in [6, 6.07) is 11.5. The topological polar surface area (TPSA) is 32.3 Å². The Hall–Kier alpha value is -1.35. The van der Waals surface area contributed by atoms with Crippen molar-refractivity contribution in [1.29, 1.82) is 0 Å². The Labute approximate surface area is 108 Å². The second-order valence-corrected chi connectivity index (χ2v) is 5.46. The molecular weight excluding hydrogens is 224 g/mol. The lowest BCUT2D eigenvalue weighted by molar-refractivity contribution is -0.122. The van der Waals surface area contributed by atoms with Crippen molar-refractivity contribution in [1.82, 2.24) is 10.2 Å². The van der Waals surface area contributed by atoms with Gasteiger partial charge in [0, 0.05) is 18.6 Å². The van der Waals surface area contributed by atoms with Crippen molar-refractivity contribution in [3.8, 4) is 0 Å². The molecule has 3 nitrogen and oxygen atoms in total. The molecule has 0 bridgehead atoms. The summed E-state index contributed by atoms with van der Waals surface area (Å²) in [7, 11) is 0. The van der Waals surface area contributed by atoms with Gasteiger partial charge in [-0.3, -0.25) is 9.69 Å². The number of rotatable bonds is 6. The van der Waals surface area contributed by atoms with Gasteiger partial charge in [-0.05, 0) is 31.2 Å². The Kier molecular flexibility index (Phi) is 3.33. The Morgan fingerprint density at radius 2 is 1.89 bits per heavy atom. The van der Waals surface area contributed by atoms with Gasteiger partial charge >= 0.3 is 0 Å². The van der Waals surface area contributed by atoms with E-state index < -0.39 is 0 Å². The molecule has 1 amide bonds. The lowest BCUT2D eigenvalue weighted by Crippen LogP contribution is -2.38. The first-order chi connectivity index (χ1) is 8.81. The van der Waals surface area contributed by atoms with Crippen LogP contribution in [0.15, 0.2) is 30.3 Å². The van der Waals surface area contributed by atoms with Gasteiger partial charge in [-0.1, -0.05) is 30.3 Å². The largest absolute Gasteiger partial charge is 0.352 e. The van der Waals surface area contributed by atoms with Crippen LogP contribution < -0.4 is 5.32 Å². The van der Waals surface area contributed by atoms with Gasteiger partial charge in [-0.25, -0.2) is 0 Å². The number of nitrogens with zero attached hydrogens (tertiary/aromatic N) is 1. The number of carbonyl (C=O) groups excluding carboxylic acids is 1. The van der Waals surface area contributed by atoms with Crippen LogP contribution >= 0.6 is 0 Å². The third-order valence-electron chi connectivity index (χ3n) is 3.58.